The zero-order chi connectivity index (χ0) is 10.8. The van der Waals surface area contributed by atoms with Gasteiger partial charge in [-0.2, -0.15) is 0 Å². The van der Waals surface area contributed by atoms with E-state index >= 15 is 0 Å². The average molecular weight is 206 g/mol. The van der Waals surface area contributed by atoms with Crippen molar-refractivity contribution in [2.45, 2.75) is 12.8 Å². The third kappa shape index (κ3) is 1.86. The molecule has 0 aliphatic rings. The lowest BCUT2D eigenvalue weighted by atomic mass is 10.00. The summed E-state index contributed by atoms with van der Waals surface area (Å²) in [5.74, 6) is 0.621. The highest BCUT2D eigenvalue weighted by molar-refractivity contribution is 5.73. The maximum Gasteiger partial charge on any atom is 0.192 e. The smallest absolute Gasteiger partial charge is 0.192 e. The minimum absolute atomic E-state index is 0.0280. The molecule has 2 aromatic rings. The van der Waals surface area contributed by atoms with E-state index in [9.17, 15) is 0 Å². The molecule has 0 aliphatic heterocycles. The van der Waals surface area contributed by atoms with Gasteiger partial charge in [0.2, 0.25) is 0 Å². The molecular weight excluding hydrogens is 192 g/mol. The van der Waals surface area contributed by atoms with Crippen molar-refractivity contribution in [3.63, 3.8) is 0 Å². The molecule has 1 unspecified atom stereocenters. The highest BCUT2D eigenvalue weighted by Crippen LogP contribution is 2.21. The summed E-state index contributed by atoms with van der Waals surface area (Å²) in [6.45, 7) is 2.29. The van der Waals surface area contributed by atoms with Gasteiger partial charge >= 0.3 is 0 Å². The van der Waals surface area contributed by atoms with E-state index in [4.69, 9.17) is 15.3 Å². The first kappa shape index (κ1) is 10.1. The molecule has 15 heavy (non-hydrogen) atoms. The molecular formula is C11H14N2O2. The van der Waals surface area contributed by atoms with Gasteiger partial charge in [-0.15, -0.1) is 0 Å². The zero-order valence-electron chi connectivity index (χ0n) is 8.60. The number of rotatable bonds is 3. The van der Waals surface area contributed by atoms with Crippen LogP contribution in [0.2, 0.25) is 0 Å². The summed E-state index contributed by atoms with van der Waals surface area (Å²) in [7, 11) is 0. The molecule has 0 radical (unpaired) electrons. The van der Waals surface area contributed by atoms with Gasteiger partial charge in [0, 0.05) is 19.4 Å². The predicted molar refractivity (Wildman–Crippen MR) is 57.6 cm³/mol. The van der Waals surface area contributed by atoms with Gasteiger partial charge in [0.05, 0.1) is 6.61 Å². The number of aromatic nitrogens is 1. The zero-order valence-corrected chi connectivity index (χ0v) is 8.60. The van der Waals surface area contributed by atoms with E-state index in [1.54, 1.807) is 0 Å². The Bertz CT molecular complexity index is 461. The molecule has 1 aromatic carbocycles. The van der Waals surface area contributed by atoms with Crippen LogP contribution in [0.5, 0.6) is 0 Å². The van der Waals surface area contributed by atoms with Crippen molar-refractivity contribution in [2.24, 2.45) is 5.73 Å². The second-order valence-corrected chi connectivity index (χ2v) is 3.58. The van der Waals surface area contributed by atoms with Gasteiger partial charge in [-0.3, -0.25) is 0 Å². The molecule has 4 heteroatoms. The number of nitrogens with zero attached hydrogens (tertiary/aromatic N) is 1. The van der Waals surface area contributed by atoms with E-state index in [2.05, 4.69) is 4.98 Å². The number of nitrogens with two attached hydrogens (primary N) is 1. The number of hydrogen-bond donors (Lipinski definition) is 2. The fourth-order valence-electron chi connectivity index (χ4n) is 1.63. The molecule has 2 rings (SSSR count). The molecule has 0 saturated heterocycles. The van der Waals surface area contributed by atoms with Crippen molar-refractivity contribution in [1.29, 1.82) is 0 Å². The number of aliphatic hydroxyl groups excluding tert-OH is 1. The Morgan fingerprint density at radius 3 is 3.00 bits per heavy atom. The standard InChI is InChI=1S/C11H14N2O2/c1-7-13-10-3-2-8(4-11(10)15-7)9(5-12)6-14/h2-4,9,14H,5-6,12H2,1H3. The van der Waals surface area contributed by atoms with Crippen LogP contribution in [0.1, 0.15) is 17.4 Å². The number of benzene rings is 1. The van der Waals surface area contributed by atoms with Crippen molar-refractivity contribution in [3.05, 3.63) is 29.7 Å². The molecule has 0 amide bonds. The normalized spacial score (nSPS) is 13.3. The van der Waals surface area contributed by atoms with Gasteiger partial charge in [-0.25, -0.2) is 4.98 Å². The van der Waals surface area contributed by atoms with Crippen LogP contribution < -0.4 is 5.73 Å². The lowest BCUT2D eigenvalue weighted by Gasteiger charge is -2.10. The quantitative estimate of drug-likeness (QED) is 0.790. The first-order valence-corrected chi connectivity index (χ1v) is 4.92. The Hall–Kier alpha value is -1.39. The topological polar surface area (TPSA) is 72.3 Å². The summed E-state index contributed by atoms with van der Waals surface area (Å²) in [5.41, 5.74) is 8.13. The van der Waals surface area contributed by atoms with Crippen LogP contribution in [-0.2, 0) is 0 Å². The highest BCUT2D eigenvalue weighted by atomic mass is 16.3. The van der Waals surface area contributed by atoms with Crippen LogP contribution in [0, 0.1) is 6.92 Å². The summed E-state index contributed by atoms with van der Waals surface area (Å²) in [6, 6.07) is 5.71. The predicted octanol–water partition coefficient (Wildman–Crippen LogP) is 1.17. The van der Waals surface area contributed by atoms with Crippen LogP contribution in [0.25, 0.3) is 11.1 Å². The van der Waals surface area contributed by atoms with Crippen LogP contribution in [0.15, 0.2) is 22.6 Å². The van der Waals surface area contributed by atoms with E-state index in [1.807, 2.05) is 25.1 Å². The SMILES string of the molecule is Cc1nc2ccc(C(CN)CO)cc2o1. The highest BCUT2D eigenvalue weighted by Gasteiger charge is 2.10. The van der Waals surface area contributed by atoms with Crippen molar-refractivity contribution in [3.8, 4) is 0 Å². The third-order valence-electron chi connectivity index (χ3n) is 2.50. The maximum absolute atomic E-state index is 9.13. The summed E-state index contributed by atoms with van der Waals surface area (Å²) < 4.78 is 5.41. The van der Waals surface area contributed by atoms with Crippen molar-refractivity contribution >= 4 is 11.1 Å². The molecule has 4 nitrogen and oxygen atoms in total. The first-order chi connectivity index (χ1) is 7.24. The molecule has 1 aromatic heterocycles. The fraction of sp³-hybridized carbons (Fsp3) is 0.364. The minimum Gasteiger partial charge on any atom is -0.441 e. The lowest BCUT2D eigenvalue weighted by Crippen LogP contribution is -2.15. The lowest BCUT2D eigenvalue weighted by molar-refractivity contribution is 0.268. The molecule has 0 fully saturated rings. The molecule has 0 aliphatic carbocycles. The molecule has 80 valence electrons. The molecule has 1 heterocycles. The van der Waals surface area contributed by atoms with Crippen LogP contribution in [-0.4, -0.2) is 23.2 Å². The number of oxazole rings is 1. The summed E-state index contributed by atoms with van der Waals surface area (Å²) in [4.78, 5) is 4.20. The summed E-state index contributed by atoms with van der Waals surface area (Å²) in [5, 5.41) is 9.13. The van der Waals surface area contributed by atoms with Crippen molar-refractivity contribution in [2.75, 3.05) is 13.2 Å². The van der Waals surface area contributed by atoms with E-state index in [-0.39, 0.29) is 12.5 Å². The van der Waals surface area contributed by atoms with Gasteiger partial charge in [-0.1, -0.05) is 6.07 Å². The number of fused-ring (bicyclic) bond motifs is 1. The van der Waals surface area contributed by atoms with Crippen molar-refractivity contribution in [1.82, 2.24) is 4.98 Å². The van der Waals surface area contributed by atoms with E-state index in [0.29, 0.717) is 12.4 Å². The van der Waals surface area contributed by atoms with Crippen molar-refractivity contribution < 1.29 is 9.52 Å². The summed E-state index contributed by atoms with van der Waals surface area (Å²) >= 11 is 0. The Labute approximate surface area is 87.7 Å². The van der Waals surface area contributed by atoms with E-state index < -0.39 is 0 Å². The first-order valence-electron chi connectivity index (χ1n) is 4.92. The van der Waals surface area contributed by atoms with Crippen LogP contribution in [0.3, 0.4) is 0 Å². The van der Waals surface area contributed by atoms with Crippen LogP contribution in [0.4, 0.5) is 0 Å². The maximum atomic E-state index is 9.13. The third-order valence-corrected chi connectivity index (χ3v) is 2.50. The van der Waals surface area contributed by atoms with Gasteiger partial charge in [0.25, 0.3) is 0 Å². The fourth-order valence-corrected chi connectivity index (χ4v) is 1.63. The van der Waals surface area contributed by atoms with Gasteiger partial charge < -0.3 is 15.3 Å². The van der Waals surface area contributed by atoms with Gasteiger partial charge in [0.15, 0.2) is 11.5 Å². The molecule has 1 atom stereocenters. The number of aryl methyl sites for hydroxylation is 1. The number of aliphatic hydroxyl groups is 1. The Kier molecular flexibility index (Phi) is 2.70. The largest absolute Gasteiger partial charge is 0.441 e. The van der Waals surface area contributed by atoms with Gasteiger partial charge in [0.1, 0.15) is 5.52 Å². The van der Waals surface area contributed by atoms with E-state index in [0.717, 1.165) is 16.7 Å². The summed E-state index contributed by atoms with van der Waals surface area (Å²) in [6.07, 6.45) is 0. The van der Waals surface area contributed by atoms with E-state index in [1.165, 1.54) is 0 Å². The second-order valence-electron chi connectivity index (χ2n) is 3.58. The Morgan fingerprint density at radius 1 is 1.53 bits per heavy atom. The Morgan fingerprint density at radius 2 is 2.33 bits per heavy atom. The molecule has 0 saturated carbocycles. The molecule has 0 spiro atoms. The molecule has 0 bridgehead atoms. The minimum atomic E-state index is -0.0280. The monoisotopic (exact) mass is 206 g/mol. The number of hydrogen-bond acceptors (Lipinski definition) is 4. The van der Waals surface area contributed by atoms with Gasteiger partial charge in [-0.05, 0) is 17.7 Å². The van der Waals surface area contributed by atoms with Crippen LogP contribution >= 0.6 is 0 Å². The molecule has 3 N–H and O–H groups in total. The Balaban J connectivity index is 2.45. The average Bonchev–Trinajstić information content (AvgIpc) is 2.59. The second kappa shape index (κ2) is 4.00.